The number of hydrogen-bond acceptors (Lipinski definition) is 5. The largest absolute Gasteiger partial charge is 0.465 e. The van der Waals surface area contributed by atoms with Crippen molar-refractivity contribution in [2.24, 2.45) is 17.3 Å². The van der Waals surface area contributed by atoms with Gasteiger partial charge in [-0.25, -0.2) is 0 Å². The molecule has 5 aliphatic rings. The first-order valence-corrected chi connectivity index (χ1v) is 13.5. The van der Waals surface area contributed by atoms with Crippen molar-refractivity contribution in [1.82, 2.24) is 0 Å². The van der Waals surface area contributed by atoms with E-state index in [0.29, 0.717) is 17.8 Å². The van der Waals surface area contributed by atoms with Crippen LogP contribution in [0.2, 0.25) is 0 Å². The Balaban J connectivity index is 1.19. The third-order valence-electron chi connectivity index (χ3n) is 9.52. The fourth-order valence-electron chi connectivity index (χ4n) is 7.77. The summed E-state index contributed by atoms with van der Waals surface area (Å²) in [5, 5.41) is 11.2. The van der Waals surface area contributed by atoms with Gasteiger partial charge >= 0.3 is 0 Å². The summed E-state index contributed by atoms with van der Waals surface area (Å²) in [6.45, 7) is 4.07. The molecule has 2 saturated heterocycles. The molecule has 3 unspecified atom stereocenters. The lowest BCUT2D eigenvalue weighted by Crippen LogP contribution is -2.46. The standard InChI is InChI=1S/C28H40O5/c1-28-13-12-20-19-9-8-18(32-26-6-2-4-14-30-26)16-22(19)24(29)17-21(20)23(28)10-11-25(28)33-27-7-3-5-15-31-27/h8-9,16,20-21,23-27,29H,2-7,10-15,17H2,1H3/t20-,21-,23+,24?,25+,26?,27?,28+/m1/s1. The molecule has 3 aliphatic carbocycles. The van der Waals surface area contributed by atoms with E-state index in [9.17, 15) is 5.11 Å². The Morgan fingerprint density at radius 2 is 1.70 bits per heavy atom. The van der Waals surface area contributed by atoms with E-state index < -0.39 is 6.10 Å². The number of rotatable bonds is 4. The number of benzene rings is 1. The average Bonchev–Trinajstić information content (AvgIpc) is 3.17. The van der Waals surface area contributed by atoms with Crippen LogP contribution in [0.15, 0.2) is 18.2 Å². The van der Waals surface area contributed by atoms with Crippen LogP contribution in [0.4, 0.5) is 0 Å². The summed E-state index contributed by atoms with van der Waals surface area (Å²) in [6.07, 6.45) is 11.9. The van der Waals surface area contributed by atoms with Crippen molar-refractivity contribution in [3.8, 4) is 5.75 Å². The van der Waals surface area contributed by atoms with E-state index in [0.717, 1.165) is 69.5 Å². The number of ether oxygens (including phenoxy) is 4. The predicted octanol–water partition coefficient (Wildman–Crippen LogP) is 5.85. The third kappa shape index (κ3) is 4.13. The smallest absolute Gasteiger partial charge is 0.199 e. The van der Waals surface area contributed by atoms with Gasteiger partial charge in [0.25, 0.3) is 0 Å². The highest BCUT2D eigenvalue weighted by molar-refractivity contribution is 5.42. The number of aliphatic hydroxyl groups excluding tert-OH is 1. The van der Waals surface area contributed by atoms with E-state index >= 15 is 0 Å². The predicted molar refractivity (Wildman–Crippen MR) is 125 cm³/mol. The van der Waals surface area contributed by atoms with E-state index in [1.165, 1.54) is 31.2 Å². The van der Waals surface area contributed by atoms with Crippen molar-refractivity contribution in [3.05, 3.63) is 29.3 Å². The van der Waals surface area contributed by atoms with Gasteiger partial charge in [-0.15, -0.1) is 0 Å². The first-order chi connectivity index (χ1) is 16.1. The Bertz CT molecular complexity index is 830. The molecule has 5 heteroatoms. The van der Waals surface area contributed by atoms with Crippen LogP contribution in [0.3, 0.4) is 0 Å². The highest BCUT2D eigenvalue weighted by atomic mass is 16.7. The molecule has 33 heavy (non-hydrogen) atoms. The van der Waals surface area contributed by atoms with Crippen LogP contribution in [0.25, 0.3) is 0 Å². The third-order valence-corrected chi connectivity index (χ3v) is 9.52. The van der Waals surface area contributed by atoms with Gasteiger partial charge in [-0.05, 0) is 111 Å². The second-order valence-electron chi connectivity index (χ2n) is 11.4. The molecule has 0 bridgehead atoms. The first kappa shape index (κ1) is 22.3. The van der Waals surface area contributed by atoms with Crippen LogP contribution in [0.5, 0.6) is 5.75 Å². The zero-order valence-corrected chi connectivity index (χ0v) is 20.0. The summed E-state index contributed by atoms with van der Waals surface area (Å²) in [5.41, 5.74) is 2.62. The molecule has 1 aromatic carbocycles. The number of hydrogen-bond donors (Lipinski definition) is 1. The lowest BCUT2D eigenvalue weighted by atomic mass is 9.55. The second-order valence-corrected chi connectivity index (χ2v) is 11.4. The zero-order chi connectivity index (χ0) is 22.4. The van der Waals surface area contributed by atoms with Crippen molar-refractivity contribution in [2.75, 3.05) is 13.2 Å². The van der Waals surface area contributed by atoms with Gasteiger partial charge in [0.2, 0.25) is 0 Å². The monoisotopic (exact) mass is 456 g/mol. The Labute approximate surface area is 198 Å². The molecular formula is C28H40O5. The maximum atomic E-state index is 11.2. The van der Waals surface area contributed by atoms with Gasteiger partial charge in [0.05, 0.1) is 18.8 Å². The van der Waals surface area contributed by atoms with Gasteiger partial charge < -0.3 is 24.1 Å². The Hall–Kier alpha value is -1.14. The molecule has 1 aromatic rings. The maximum Gasteiger partial charge on any atom is 0.199 e. The normalized spacial score (nSPS) is 42.8. The fourth-order valence-corrected chi connectivity index (χ4v) is 7.77. The highest BCUT2D eigenvalue weighted by Gasteiger charge is 2.56. The summed E-state index contributed by atoms with van der Waals surface area (Å²) >= 11 is 0. The number of fused-ring (bicyclic) bond motifs is 5. The van der Waals surface area contributed by atoms with Crippen LogP contribution in [0.1, 0.15) is 101 Å². The lowest BCUT2D eigenvalue weighted by Gasteiger charge is -2.51. The molecule has 0 radical (unpaired) electrons. The Morgan fingerprint density at radius 1 is 0.909 bits per heavy atom. The maximum absolute atomic E-state index is 11.2. The summed E-state index contributed by atoms with van der Waals surface area (Å²) in [6, 6.07) is 6.42. The molecule has 8 atom stereocenters. The fraction of sp³-hybridized carbons (Fsp3) is 0.786. The first-order valence-electron chi connectivity index (χ1n) is 13.5. The Kier molecular flexibility index (Phi) is 6.19. The summed E-state index contributed by atoms with van der Waals surface area (Å²) in [5.74, 6) is 2.51. The quantitative estimate of drug-likeness (QED) is 0.616. The second kappa shape index (κ2) is 9.14. The van der Waals surface area contributed by atoms with E-state index in [1.54, 1.807) is 0 Å². The molecule has 0 amide bonds. The van der Waals surface area contributed by atoms with Crippen molar-refractivity contribution in [2.45, 2.75) is 108 Å². The van der Waals surface area contributed by atoms with Crippen LogP contribution in [0, 0.1) is 17.3 Å². The minimum atomic E-state index is -0.416. The van der Waals surface area contributed by atoms with Gasteiger partial charge in [0.1, 0.15) is 5.75 Å². The van der Waals surface area contributed by atoms with Gasteiger partial charge in [0.15, 0.2) is 12.6 Å². The topological polar surface area (TPSA) is 57.2 Å². The molecule has 0 aromatic heterocycles. The molecule has 4 fully saturated rings. The zero-order valence-electron chi connectivity index (χ0n) is 20.0. The van der Waals surface area contributed by atoms with Gasteiger partial charge in [0, 0.05) is 13.0 Å². The van der Waals surface area contributed by atoms with Crippen molar-refractivity contribution < 1.29 is 24.1 Å². The lowest BCUT2D eigenvalue weighted by molar-refractivity contribution is -0.213. The number of aliphatic hydroxyl groups is 1. The minimum absolute atomic E-state index is 0.0127. The molecular weight excluding hydrogens is 416 g/mol. The summed E-state index contributed by atoms with van der Waals surface area (Å²) in [7, 11) is 0. The summed E-state index contributed by atoms with van der Waals surface area (Å²) in [4.78, 5) is 0. The molecule has 2 saturated carbocycles. The van der Waals surface area contributed by atoms with E-state index in [1.807, 2.05) is 0 Å². The average molecular weight is 457 g/mol. The molecule has 6 rings (SSSR count). The molecule has 0 spiro atoms. The van der Waals surface area contributed by atoms with Crippen LogP contribution in [-0.2, 0) is 14.2 Å². The SMILES string of the molecule is C[C@]12CC[C@@H]3c4ccc(OC5CCCCO5)cc4C(O)C[C@H]3[C@@H]1CC[C@@H]2OC1CCCCO1. The van der Waals surface area contributed by atoms with Crippen LogP contribution in [-0.4, -0.2) is 37.0 Å². The van der Waals surface area contributed by atoms with Crippen molar-refractivity contribution >= 4 is 0 Å². The van der Waals surface area contributed by atoms with E-state index in [-0.39, 0.29) is 24.1 Å². The van der Waals surface area contributed by atoms with Crippen LogP contribution >= 0.6 is 0 Å². The van der Waals surface area contributed by atoms with E-state index in [2.05, 4.69) is 25.1 Å². The van der Waals surface area contributed by atoms with E-state index in [4.69, 9.17) is 18.9 Å². The van der Waals surface area contributed by atoms with Gasteiger partial charge in [-0.2, -0.15) is 0 Å². The van der Waals surface area contributed by atoms with Crippen molar-refractivity contribution in [1.29, 1.82) is 0 Å². The molecule has 2 heterocycles. The van der Waals surface area contributed by atoms with Gasteiger partial charge in [-0.3, -0.25) is 0 Å². The van der Waals surface area contributed by atoms with Crippen LogP contribution < -0.4 is 4.74 Å². The highest BCUT2D eigenvalue weighted by Crippen LogP contribution is 2.63. The molecule has 2 aliphatic heterocycles. The van der Waals surface area contributed by atoms with Gasteiger partial charge in [-0.1, -0.05) is 13.0 Å². The Morgan fingerprint density at radius 3 is 2.45 bits per heavy atom. The molecule has 5 nitrogen and oxygen atoms in total. The molecule has 1 N–H and O–H groups in total. The molecule has 182 valence electrons. The minimum Gasteiger partial charge on any atom is -0.465 e. The van der Waals surface area contributed by atoms with Crippen molar-refractivity contribution in [3.63, 3.8) is 0 Å². The summed E-state index contributed by atoms with van der Waals surface area (Å²) < 4.78 is 24.4.